The number of carboxylic acids is 2. The molecule has 0 atom stereocenters. The Morgan fingerprint density at radius 1 is 0.929 bits per heavy atom. The summed E-state index contributed by atoms with van der Waals surface area (Å²) in [5.41, 5.74) is 0. The van der Waals surface area contributed by atoms with Gasteiger partial charge in [-0.1, -0.05) is 0 Å². The third kappa shape index (κ3) is 11.6. The van der Waals surface area contributed by atoms with Gasteiger partial charge in [0.25, 0.3) is 0 Å². The Kier molecular flexibility index (Phi) is 8.97. The molecule has 0 aliphatic carbocycles. The summed E-state index contributed by atoms with van der Waals surface area (Å²) in [5.74, 6) is 0.969. The number of rotatable bonds is 9. The third-order valence-electron chi connectivity index (χ3n) is 1.26. The molecule has 82 valence electrons. The van der Waals surface area contributed by atoms with E-state index in [-0.39, 0.29) is 12.2 Å². The van der Waals surface area contributed by atoms with Crippen LogP contribution in [0.2, 0.25) is 0 Å². The van der Waals surface area contributed by atoms with Gasteiger partial charge in [0.2, 0.25) is 0 Å². The van der Waals surface area contributed by atoms with Crippen molar-refractivity contribution in [1.29, 1.82) is 0 Å². The van der Waals surface area contributed by atoms with Crippen LogP contribution < -0.4 is 0 Å². The monoisotopic (exact) mass is 238 g/mol. The van der Waals surface area contributed by atoms with Crippen molar-refractivity contribution in [3.05, 3.63) is 0 Å². The molecule has 14 heavy (non-hydrogen) atoms. The summed E-state index contributed by atoms with van der Waals surface area (Å²) >= 11 is 3.00. The zero-order valence-corrected chi connectivity index (χ0v) is 9.40. The number of thioether (sulfide) groups is 2. The SMILES string of the molecule is O=C(O)CCSCCCSCC(=O)O. The minimum absolute atomic E-state index is 0.153. The highest BCUT2D eigenvalue weighted by atomic mass is 32.2. The fraction of sp³-hybridized carbons (Fsp3) is 0.750. The second-order valence-electron chi connectivity index (χ2n) is 2.56. The predicted molar refractivity (Wildman–Crippen MR) is 59.2 cm³/mol. The lowest BCUT2D eigenvalue weighted by Crippen LogP contribution is -1.99. The average Bonchev–Trinajstić information content (AvgIpc) is 2.08. The van der Waals surface area contributed by atoms with E-state index in [9.17, 15) is 9.59 Å². The van der Waals surface area contributed by atoms with Gasteiger partial charge >= 0.3 is 11.9 Å². The maximum atomic E-state index is 10.1. The molecule has 0 aromatic heterocycles. The number of hydrogen-bond acceptors (Lipinski definition) is 4. The highest BCUT2D eigenvalue weighted by Gasteiger charge is 1.98. The molecule has 0 rings (SSSR count). The Labute approximate surface area is 91.5 Å². The van der Waals surface area contributed by atoms with Crippen LogP contribution in [-0.2, 0) is 9.59 Å². The highest BCUT2D eigenvalue weighted by molar-refractivity contribution is 8.00. The van der Waals surface area contributed by atoms with Gasteiger partial charge in [-0.2, -0.15) is 23.5 Å². The van der Waals surface area contributed by atoms with Crippen molar-refractivity contribution in [3.63, 3.8) is 0 Å². The van der Waals surface area contributed by atoms with E-state index in [1.165, 1.54) is 11.8 Å². The Hall–Kier alpha value is -0.360. The maximum Gasteiger partial charge on any atom is 0.313 e. The van der Waals surface area contributed by atoms with Crippen molar-refractivity contribution in [3.8, 4) is 0 Å². The van der Waals surface area contributed by atoms with Crippen LogP contribution in [0.25, 0.3) is 0 Å². The number of carboxylic acid groups (broad SMARTS) is 2. The third-order valence-corrected chi connectivity index (χ3v) is 3.36. The molecule has 0 fully saturated rings. The maximum absolute atomic E-state index is 10.1. The average molecular weight is 238 g/mol. The van der Waals surface area contributed by atoms with E-state index < -0.39 is 11.9 Å². The normalized spacial score (nSPS) is 10.0. The molecule has 0 saturated heterocycles. The van der Waals surface area contributed by atoms with Gasteiger partial charge in [0.15, 0.2) is 0 Å². The van der Waals surface area contributed by atoms with Crippen LogP contribution in [0.1, 0.15) is 12.8 Å². The van der Waals surface area contributed by atoms with Gasteiger partial charge in [0, 0.05) is 5.75 Å². The van der Waals surface area contributed by atoms with Crippen molar-refractivity contribution in [2.24, 2.45) is 0 Å². The van der Waals surface area contributed by atoms with E-state index in [2.05, 4.69) is 0 Å². The summed E-state index contributed by atoms with van der Waals surface area (Å²) in [6, 6.07) is 0. The van der Waals surface area contributed by atoms with Crippen LogP contribution in [0.15, 0.2) is 0 Å². The number of hydrogen-bond donors (Lipinski definition) is 2. The first kappa shape index (κ1) is 13.6. The molecule has 0 aliphatic heterocycles. The zero-order valence-electron chi connectivity index (χ0n) is 7.77. The molecule has 0 spiro atoms. The Balaban J connectivity index is 2.99. The molecular weight excluding hydrogens is 224 g/mol. The van der Waals surface area contributed by atoms with E-state index >= 15 is 0 Å². The molecular formula is C8H14O4S2. The minimum Gasteiger partial charge on any atom is -0.481 e. The van der Waals surface area contributed by atoms with Crippen LogP contribution in [-0.4, -0.2) is 45.2 Å². The first-order valence-corrected chi connectivity index (χ1v) is 6.53. The predicted octanol–water partition coefficient (Wildman–Crippen LogP) is 1.40. The van der Waals surface area contributed by atoms with Gasteiger partial charge in [-0.3, -0.25) is 9.59 Å². The number of aliphatic carboxylic acids is 2. The highest BCUT2D eigenvalue weighted by Crippen LogP contribution is 2.08. The molecule has 2 N–H and O–H groups in total. The van der Waals surface area contributed by atoms with E-state index in [1.54, 1.807) is 11.8 Å². The fourth-order valence-corrected chi connectivity index (χ4v) is 2.41. The molecule has 0 heterocycles. The molecule has 0 amide bonds. The van der Waals surface area contributed by atoms with Gasteiger partial charge < -0.3 is 10.2 Å². The second-order valence-corrected chi connectivity index (χ2v) is 4.89. The molecule has 0 radical (unpaired) electrons. The lowest BCUT2D eigenvalue weighted by molar-refractivity contribution is -0.136. The summed E-state index contributed by atoms with van der Waals surface area (Å²) < 4.78 is 0. The van der Waals surface area contributed by atoms with Crippen LogP contribution in [0, 0.1) is 0 Å². The lowest BCUT2D eigenvalue weighted by Gasteiger charge is -1.99. The van der Waals surface area contributed by atoms with Crippen molar-refractivity contribution >= 4 is 35.5 Å². The molecule has 4 nitrogen and oxygen atoms in total. The van der Waals surface area contributed by atoms with Crippen molar-refractivity contribution in [2.45, 2.75) is 12.8 Å². The standard InChI is InChI=1S/C8H14O4S2/c9-7(10)2-5-13-3-1-4-14-6-8(11)12/h1-6H2,(H,9,10)(H,11,12). The first-order valence-electron chi connectivity index (χ1n) is 4.22. The molecule has 0 bridgehead atoms. The van der Waals surface area contributed by atoms with Crippen LogP contribution >= 0.6 is 23.5 Å². The Bertz CT molecular complexity index is 164. The summed E-state index contributed by atoms with van der Waals surface area (Å²) in [4.78, 5) is 20.2. The topological polar surface area (TPSA) is 74.6 Å². The van der Waals surface area contributed by atoms with Gasteiger partial charge in [-0.15, -0.1) is 0 Å². The second kappa shape index (κ2) is 9.21. The van der Waals surface area contributed by atoms with E-state index in [0.29, 0.717) is 5.75 Å². The molecule has 6 heteroatoms. The summed E-state index contributed by atoms with van der Waals surface area (Å²) in [7, 11) is 0. The fourth-order valence-electron chi connectivity index (χ4n) is 0.684. The largest absolute Gasteiger partial charge is 0.481 e. The van der Waals surface area contributed by atoms with Crippen molar-refractivity contribution < 1.29 is 19.8 Å². The Morgan fingerprint density at radius 3 is 2.14 bits per heavy atom. The van der Waals surface area contributed by atoms with Crippen LogP contribution in [0.3, 0.4) is 0 Å². The summed E-state index contributed by atoms with van der Waals surface area (Å²) in [6.45, 7) is 0. The smallest absolute Gasteiger partial charge is 0.313 e. The van der Waals surface area contributed by atoms with Gasteiger partial charge in [-0.05, 0) is 17.9 Å². The quantitative estimate of drug-likeness (QED) is 0.591. The minimum atomic E-state index is -0.784. The van der Waals surface area contributed by atoms with E-state index in [1.807, 2.05) is 0 Å². The van der Waals surface area contributed by atoms with Crippen molar-refractivity contribution in [1.82, 2.24) is 0 Å². The molecule has 0 saturated carbocycles. The lowest BCUT2D eigenvalue weighted by atomic mass is 10.5. The Morgan fingerprint density at radius 2 is 1.57 bits per heavy atom. The number of carbonyl (C=O) groups is 2. The van der Waals surface area contributed by atoms with E-state index in [4.69, 9.17) is 10.2 Å². The van der Waals surface area contributed by atoms with E-state index in [0.717, 1.165) is 17.9 Å². The van der Waals surface area contributed by atoms with Crippen LogP contribution in [0.5, 0.6) is 0 Å². The first-order chi connectivity index (χ1) is 6.63. The molecule has 0 aliphatic rings. The van der Waals surface area contributed by atoms with Gasteiger partial charge in [0.05, 0.1) is 12.2 Å². The van der Waals surface area contributed by atoms with Gasteiger partial charge in [0.1, 0.15) is 0 Å². The zero-order chi connectivity index (χ0) is 10.8. The van der Waals surface area contributed by atoms with Crippen LogP contribution in [0.4, 0.5) is 0 Å². The summed E-state index contributed by atoms with van der Waals surface area (Å²) in [5, 5.41) is 16.7. The summed E-state index contributed by atoms with van der Waals surface area (Å²) in [6.07, 6.45) is 1.13. The van der Waals surface area contributed by atoms with Gasteiger partial charge in [-0.25, -0.2) is 0 Å². The molecule has 0 unspecified atom stereocenters. The molecule has 0 aromatic rings. The van der Waals surface area contributed by atoms with Crippen molar-refractivity contribution in [2.75, 3.05) is 23.0 Å². The molecule has 0 aromatic carbocycles.